The molecule has 1 rings (SSSR count). The fourth-order valence-electron chi connectivity index (χ4n) is 1.67. The van der Waals surface area contributed by atoms with Crippen LogP contribution >= 0.6 is 15.9 Å². The molecule has 0 spiro atoms. The lowest BCUT2D eigenvalue weighted by Crippen LogP contribution is -2.32. The molecule has 0 aromatic heterocycles. The van der Waals surface area contributed by atoms with Crippen LogP contribution in [0.4, 0.5) is 5.69 Å². The van der Waals surface area contributed by atoms with E-state index >= 15 is 0 Å². The van der Waals surface area contributed by atoms with Gasteiger partial charge in [-0.15, -0.1) is 0 Å². The maximum Gasteiger partial charge on any atom is 0.251 e. The highest BCUT2D eigenvalue weighted by atomic mass is 79.9. The van der Waals surface area contributed by atoms with Crippen LogP contribution in [0.1, 0.15) is 30.1 Å². The second kappa shape index (κ2) is 7.41. The number of hydrogen-bond donors (Lipinski definition) is 1. The number of hydrogen-bond acceptors (Lipinski definition) is 2. The van der Waals surface area contributed by atoms with E-state index in [9.17, 15) is 4.79 Å². The van der Waals surface area contributed by atoms with Crippen molar-refractivity contribution in [1.82, 2.24) is 5.32 Å². The van der Waals surface area contributed by atoms with Crippen LogP contribution < -0.4 is 10.2 Å². The Morgan fingerprint density at radius 1 is 1.33 bits per heavy atom. The smallest absolute Gasteiger partial charge is 0.251 e. The minimum absolute atomic E-state index is 0.00220. The van der Waals surface area contributed by atoms with E-state index in [0.717, 1.165) is 23.9 Å². The topological polar surface area (TPSA) is 32.3 Å². The van der Waals surface area contributed by atoms with Crippen LogP contribution in [0.3, 0.4) is 0 Å². The maximum absolute atomic E-state index is 12.0. The summed E-state index contributed by atoms with van der Waals surface area (Å²) < 4.78 is 0. The van der Waals surface area contributed by atoms with E-state index in [1.807, 2.05) is 50.2 Å². The average molecular weight is 313 g/mol. The van der Waals surface area contributed by atoms with Crippen molar-refractivity contribution in [2.75, 3.05) is 24.3 Å². The molecule has 0 saturated carbocycles. The van der Waals surface area contributed by atoms with Gasteiger partial charge >= 0.3 is 0 Å². The maximum atomic E-state index is 12.0. The monoisotopic (exact) mass is 312 g/mol. The third-order valence-corrected chi connectivity index (χ3v) is 3.35. The first-order valence-corrected chi connectivity index (χ1v) is 7.31. The lowest BCUT2D eigenvalue weighted by Gasteiger charge is -2.15. The number of amides is 1. The van der Waals surface area contributed by atoms with E-state index in [4.69, 9.17) is 0 Å². The van der Waals surface area contributed by atoms with Gasteiger partial charge in [-0.3, -0.25) is 4.79 Å². The van der Waals surface area contributed by atoms with Crippen LogP contribution in [-0.2, 0) is 0 Å². The number of benzene rings is 1. The minimum Gasteiger partial charge on any atom is -0.378 e. The van der Waals surface area contributed by atoms with Gasteiger partial charge < -0.3 is 10.2 Å². The molecule has 1 aromatic rings. The Balaban J connectivity index is 2.56. The molecular formula is C14H21BrN2O. The van der Waals surface area contributed by atoms with Gasteiger partial charge in [0.25, 0.3) is 5.91 Å². The number of nitrogens with one attached hydrogen (secondary N) is 1. The Morgan fingerprint density at radius 2 is 1.94 bits per heavy atom. The quantitative estimate of drug-likeness (QED) is 0.819. The standard InChI is InChI=1S/C14H21BrN2O/c1-11(5-4-10-15)16-14(18)12-6-8-13(9-7-12)17(2)3/h6-9,11H,4-5,10H2,1-3H3,(H,16,18). The Kier molecular flexibility index (Phi) is 6.19. The summed E-state index contributed by atoms with van der Waals surface area (Å²) >= 11 is 3.39. The molecule has 4 heteroatoms. The number of carbonyl (C=O) groups excluding carboxylic acids is 1. The van der Waals surface area contributed by atoms with E-state index in [2.05, 4.69) is 21.2 Å². The molecular weight excluding hydrogens is 292 g/mol. The van der Waals surface area contributed by atoms with Crippen molar-refractivity contribution in [3.8, 4) is 0 Å². The summed E-state index contributed by atoms with van der Waals surface area (Å²) in [5.41, 5.74) is 1.81. The van der Waals surface area contributed by atoms with E-state index < -0.39 is 0 Å². The number of rotatable bonds is 6. The molecule has 0 bridgehead atoms. The highest BCUT2D eigenvalue weighted by molar-refractivity contribution is 9.09. The van der Waals surface area contributed by atoms with Crippen molar-refractivity contribution >= 4 is 27.5 Å². The minimum atomic E-state index is 0.00220. The number of halogens is 1. The SMILES string of the molecule is CC(CCCBr)NC(=O)c1ccc(N(C)C)cc1. The number of anilines is 1. The lowest BCUT2D eigenvalue weighted by molar-refractivity contribution is 0.0938. The Hall–Kier alpha value is -1.03. The summed E-state index contributed by atoms with van der Waals surface area (Å²) in [5.74, 6) is 0.00220. The van der Waals surface area contributed by atoms with Crippen molar-refractivity contribution in [3.63, 3.8) is 0 Å². The van der Waals surface area contributed by atoms with Crippen LogP contribution in [0.25, 0.3) is 0 Å². The van der Waals surface area contributed by atoms with Gasteiger partial charge in [-0.25, -0.2) is 0 Å². The van der Waals surface area contributed by atoms with Crippen molar-refractivity contribution in [1.29, 1.82) is 0 Å². The summed E-state index contributed by atoms with van der Waals surface area (Å²) in [6.45, 7) is 2.04. The Morgan fingerprint density at radius 3 is 2.44 bits per heavy atom. The van der Waals surface area contributed by atoms with Crippen LogP contribution in [0.15, 0.2) is 24.3 Å². The largest absolute Gasteiger partial charge is 0.378 e. The van der Waals surface area contributed by atoms with Crippen LogP contribution in [0.5, 0.6) is 0 Å². The molecule has 100 valence electrons. The van der Waals surface area contributed by atoms with Gasteiger partial charge in [0, 0.05) is 36.7 Å². The van der Waals surface area contributed by atoms with Gasteiger partial charge in [-0.2, -0.15) is 0 Å². The second-order valence-corrected chi connectivity index (χ2v) is 5.44. The molecule has 3 nitrogen and oxygen atoms in total. The summed E-state index contributed by atoms with van der Waals surface area (Å²) in [6, 6.07) is 7.85. The van der Waals surface area contributed by atoms with E-state index in [0.29, 0.717) is 5.56 Å². The van der Waals surface area contributed by atoms with Crippen LogP contribution in [0.2, 0.25) is 0 Å². The second-order valence-electron chi connectivity index (χ2n) is 4.65. The van der Waals surface area contributed by atoms with Crippen molar-refractivity contribution in [2.24, 2.45) is 0 Å². The van der Waals surface area contributed by atoms with E-state index in [1.54, 1.807) is 0 Å². The van der Waals surface area contributed by atoms with Gasteiger partial charge in [0.1, 0.15) is 0 Å². The normalized spacial score (nSPS) is 12.0. The average Bonchev–Trinajstić information content (AvgIpc) is 2.36. The molecule has 1 N–H and O–H groups in total. The summed E-state index contributed by atoms with van der Waals surface area (Å²) in [7, 11) is 3.97. The molecule has 0 heterocycles. The summed E-state index contributed by atoms with van der Waals surface area (Å²) in [4.78, 5) is 14.0. The fourth-order valence-corrected chi connectivity index (χ4v) is 2.00. The van der Waals surface area contributed by atoms with Gasteiger partial charge in [0.2, 0.25) is 0 Å². The predicted molar refractivity (Wildman–Crippen MR) is 80.7 cm³/mol. The molecule has 1 amide bonds. The molecule has 0 aliphatic heterocycles. The van der Waals surface area contributed by atoms with Gasteiger partial charge in [0.15, 0.2) is 0 Å². The fraction of sp³-hybridized carbons (Fsp3) is 0.500. The zero-order valence-corrected chi connectivity index (χ0v) is 12.8. The molecule has 1 atom stereocenters. The van der Waals surface area contributed by atoms with E-state index in [1.165, 1.54) is 0 Å². The first-order chi connectivity index (χ1) is 8.54. The molecule has 18 heavy (non-hydrogen) atoms. The molecule has 1 unspecified atom stereocenters. The number of carbonyl (C=O) groups is 1. The van der Waals surface area contributed by atoms with Gasteiger partial charge in [0.05, 0.1) is 0 Å². The van der Waals surface area contributed by atoms with E-state index in [-0.39, 0.29) is 11.9 Å². The van der Waals surface area contributed by atoms with Crippen molar-refractivity contribution in [2.45, 2.75) is 25.8 Å². The first-order valence-electron chi connectivity index (χ1n) is 6.19. The highest BCUT2D eigenvalue weighted by Crippen LogP contribution is 2.12. The van der Waals surface area contributed by atoms with Gasteiger partial charge in [-0.1, -0.05) is 15.9 Å². The number of nitrogens with zero attached hydrogens (tertiary/aromatic N) is 1. The molecule has 0 fully saturated rings. The van der Waals surface area contributed by atoms with Crippen LogP contribution in [-0.4, -0.2) is 31.4 Å². The third-order valence-electron chi connectivity index (χ3n) is 2.79. The van der Waals surface area contributed by atoms with Crippen molar-refractivity contribution in [3.05, 3.63) is 29.8 Å². The number of alkyl halides is 1. The van der Waals surface area contributed by atoms with Crippen LogP contribution in [0, 0.1) is 0 Å². The molecule has 0 radical (unpaired) electrons. The summed E-state index contributed by atoms with van der Waals surface area (Å²) in [5, 5.41) is 3.98. The van der Waals surface area contributed by atoms with Crippen molar-refractivity contribution < 1.29 is 4.79 Å². The third kappa shape index (κ3) is 4.69. The molecule has 0 aliphatic rings. The Bertz CT molecular complexity index is 376. The predicted octanol–water partition coefficient (Wildman–Crippen LogP) is 3.05. The molecule has 1 aromatic carbocycles. The zero-order chi connectivity index (χ0) is 13.5. The molecule has 0 saturated heterocycles. The highest BCUT2D eigenvalue weighted by Gasteiger charge is 2.09. The first kappa shape index (κ1) is 15.0. The lowest BCUT2D eigenvalue weighted by atomic mass is 10.1. The summed E-state index contributed by atoms with van der Waals surface area (Å²) in [6.07, 6.45) is 2.06. The zero-order valence-electron chi connectivity index (χ0n) is 11.2. The Labute approximate surface area is 118 Å². The van der Waals surface area contributed by atoms with Gasteiger partial charge in [-0.05, 0) is 44.0 Å². The molecule has 0 aliphatic carbocycles.